The van der Waals surface area contributed by atoms with Crippen molar-refractivity contribution in [1.29, 1.82) is 10.5 Å². The number of hydrogen-bond donors (Lipinski definition) is 0. The van der Waals surface area contributed by atoms with E-state index in [-0.39, 0.29) is 57.0 Å². The summed E-state index contributed by atoms with van der Waals surface area (Å²) in [6.07, 6.45) is 0. The van der Waals surface area contributed by atoms with E-state index in [2.05, 4.69) is 199 Å². The second-order valence-corrected chi connectivity index (χ2v) is 36.9. The van der Waals surface area contributed by atoms with Gasteiger partial charge in [0.25, 0.3) is 0 Å². The molecule has 0 spiro atoms. The fraction of sp³-hybridized carbons (Fsp3) is 0.536. The number of nitrogens with zero attached hydrogens (tertiary/aromatic N) is 2. The van der Waals surface area contributed by atoms with Gasteiger partial charge in [-0.2, -0.15) is 10.5 Å². The predicted octanol–water partition coefficient (Wildman–Crippen LogP) is 17.9. The van der Waals surface area contributed by atoms with Gasteiger partial charge in [0.05, 0.1) is 39.2 Å². The Hall–Kier alpha value is -3.15. The van der Waals surface area contributed by atoms with Crippen molar-refractivity contribution in [2.24, 2.45) is 0 Å². The molecule has 4 aromatic carbocycles. The first kappa shape index (κ1) is 55.2. The molecule has 372 valence electrons. The van der Waals surface area contributed by atoms with E-state index in [0.29, 0.717) is 11.5 Å². The summed E-state index contributed by atoms with van der Waals surface area (Å²) in [5, 5.41) is 20.3. The van der Waals surface area contributed by atoms with Crippen molar-refractivity contribution in [2.45, 2.75) is 221 Å². The third-order valence-electron chi connectivity index (χ3n) is 13.1. The molecule has 2 heterocycles. The molecule has 0 aliphatic carbocycles. The van der Waals surface area contributed by atoms with Crippen molar-refractivity contribution in [2.75, 3.05) is 13.2 Å². The molecule has 0 N–H and O–H groups in total. The van der Waals surface area contributed by atoms with Crippen LogP contribution in [0.2, 0.25) is 22.2 Å². The first-order chi connectivity index (χ1) is 31.9. The number of benzene rings is 4. The fourth-order valence-corrected chi connectivity index (χ4v) is 24.5. The van der Waals surface area contributed by atoms with Crippen LogP contribution in [0.4, 0.5) is 0 Å². The van der Waals surface area contributed by atoms with Gasteiger partial charge in [0.2, 0.25) is 0 Å². The summed E-state index contributed by atoms with van der Waals surface area (Å²) in [6.45, 7) is 44.8. The van der Waals surface area contributed by atoms with E-state index in [9.17, 15) is 10.5 Å². The Labute approximate surface area is 434 Å². The van der Waals surface area contributed by atoms with Crippen molar-refractivity contribution in [3.63, 3.8) is 0 Å². The summed E-state index contributed by atoms with van der Waals surface area (Å²) in [6, 6.07) is 22.7. The topological polar surface area (TPSA) is 93.7 Å². The maximum absolute atomic E-state index is 10.1. The quantitative estimate of drug-likeness (QED) is 0.139. The first-order valence-electron chi connectivity index (χ1n) is 24.4. The van der Waals surface area contributed by atoms with E-state index in [1.54, 1.807) is 47.0 Å². The van der Waals surface area contributed by atoms with Crippen molar-refractivity contribution < 1.29 is 22.4 Å². The monoisotopic (exact) mass is 1040 g/mol. The van der Waals surface area contributed by atoms with Crippen LogP contribution in [-0.2, 0) is 25.8 Å². The average molecular weight is 1040 g/mol. The molecule has 4 aromatic rings. The van der Waals surface area contributed by atoms with Crippen molar-refractivity contribution >= 4 is 64.2 Å². The van der Waals surface area contributed by atoms with Crippen LogP contribution in [0.1, 0.15) is 161 Å². The second kappa shape index (κ2) is 20.4. The number of nitriles is 2. The molecule has 0 radical (unpaired) electrons. The third-order valence-corrected chi connectivity index (χ3v) is 27.3. The van der Waals surface area contributed by atoms with Gasteiger partial charge in [-0.05, 0) is 92.4 Å². The van der Waals surface area contributed by atoms with Gasteiger partial charge in [0, 0.05) is 22.2 Å². The van der Waals surface area contributed by atoms with Crippen molar-refractivity contribution in [3.05, 3.63) is 70.8 Å². The van der Waals surface area contributed by atoms with Crippen LogP contribution in [0.25, 0.3) is 0 Å². The Morgan fingerprint density at radius 2 is 0.638 bits per heavy atom. The van der Waals surface area contributed by atoms with Crippen LogP contribution in [0.3, 0.4) is 0 Å². The summed E-state index contributed by atoms with van der Waals surface area (Å²) in [4.78, 5) is 7.36. The van der Waals surface area contributed by atoms with Crippen molar-refractivity contribution in [3.8, 4) is 35.1 Å². The lowest BCUT2D eigenvalue weighted by molar-refractivity contribution is 0.266. The lowest BCUT2D eigenvalue weighted by Gasteiger charge is -2.48. The average Bonchev–Trinajstić information content (AvgIpc) is 3.21. The molecule has 13 heteroatoms. The minimum Gasteiger partial charge on any atom is -0.518 e. The highest BCUT2D eigenvalue weighted by molar-refractivity contribution is 8.01. The SMILES string of the molecule is CC(C)[Si]1(C(C)C)Oc2c3cc(C(C)(C)C)cc2Sc2cc(C(C)(C)C)cc(c2O[Si](C(C)C)(C(C)C)O1)Sc1cc(C(C)(C)C)cc(c1OCC#N)Sc1cc(C(C)(C)C)cc(c1OCC#N)S3. The van der Waals surface area contributed by atoms with E-state index in [4.69, 9.17) is 22.4 Å². The zero-order valence-corrected chi connectivity index (χ0v) is 50.2. The Kier molecular flexibility index (Phi) is 16.3. The summed E-state index contributed by atoms with van der Waals surface area (Å²) < 4.78 is 37.4. The lowest BCUT2D eigenvalue weighted by atomic mass is 9.87. The fourth-order valence-electron chi connectivity index (χ4n) is 8.70. The van der Waals surface area contributed by atoms with E-state index >= 15 is 0 Å². The van der Waals surface area contributed by atoms with E-state index in [0.717, 1.165) is 61.8 Å². The first-order valence-corrected chi connectivity index (χ1v) is 31.6. The molecule has 69 heavy (non-hydrogen) atoms. The molecule has 0 atom stereocenters. The number of rotatable bonds is 8. The maximum Gasteiger partial charge on any atom is 0.396 e. The normalized spacial score (nSPS) is 16.0. The van der Waals surface area contributed by atoms with Gasteiger partial charge in [0.15, 0.2) is 13.2 Å². The molecule has 6 rings (SSSR count). The van der Waals surface area contributed by atoms with Gasteiger partial charge in [0.1, 0.15) is 35.1 Å². The Morgan fingerprint density at radius 1 is 0.420 bits per heavy atom. The van der Waals surface area contributed by atoms with E-state index in [1.807, 2.05) is 0 Å². The Balaban J connectivity index is 1.95. The zero-order chi connectivity index (χ0) is 51.4. The molecule has 0 saturated heterocycles. The van der Waals surface area contributed by atoms with Gasteiger partial charge in [-0.3, -0.25) is 0 Å². The standard InChI is InChI=1S/C56H76N2O5S4Si2/c1-33(2)68(34(3)4)61-51-45-29-39(55(15,16)17)31-47(51)67-48-32-40(56(18,19)20)30-46(52(48)62-69(63-68,35(5)6)36(7)8)66-44-28-38(54(12,13)14)26-42(50(44)60-24-22-58)64-41-25-37(53(9,10)11)27-43(65-45)49(41)59-23-21-57/h25-36H,23-24H2,1-20H3. The smallest absolute Gasteiger partial charge is 0.396 e. The number of ether oxygens (including phenoxy) is 2. The van der Waals surface area contributed by atoms with Crippen LogP contribution in [0, 0.1) is 22.7 Å². The van der Waals surface area contributed by atoms with Crippen LogP contribution in [0.15, 0.2) is 87.7 Å². The molecule has 10 bridgehead atoms. The molecule has 0 fully saturated rings. The van der Waals surface area contributed by atoms with E-state index in [1.165, 1.54) is 11.1 Å². The molecular formula is C56H76N2O5S4Si2. The van der Waals surface area contributed by atoms with Crippen LogP contribution in [-0.4, -0.2) is 30.3 Å². The van der Waals surface area contributed by atoms with Crippen LogP contribution >= 0.6 is 47.0 Å². The summed E-state index contributed by atoms with van der Waals surface area (Å²) in [7, 11) is -6.61. The van der Waals surface area contributed by atoms with Gasteiger partial charge >= 0.3 is 17.1 Å². The highest BCUT2D eigenvalue weighted by Crippen LogP contribution is 2.59. The van der Waals surface area contributed by atoms with Gasteiger partial charge in [-0.25, -0.2) is 0 Å². The third kappa shape index (κ3) is 11.6. The summed E-state index contributed by atoms with van der Waals surface area (Å²) in [5.74, 6) is 2.85. The van der Waals surface area contributed by atoms with Gasteiger partial charge in [-0.15, -0.1) is 0 Å². The zero-order valence-electron chi connectivity index (χ0n) is 44.9. The van der Waals surface area contributed by atoms with Gasteiger partial charge < -0.3 is 22.4 Å². The molecule has 0 unspecified atom stereocenters. The minimum absolute atomic E-state index is 0.0465. The van der Waals surface area contributed by atoms with Gasteiger partial charge in [-0.1, -0.05) is 186 Å². The Bertz CT molecular complexity index is 2460. The highest BCUT2D eigenvalue weighted by atomic mass is 32.2. The number of fused-ring (bicyclic) bond motifs is 4. The highest BCUT2D eigenvalue weighted by Gasteiger charge is 2.60. The molecule has 0 amide bonds. The summed E-state index contributed by atoms with van der Waals surface area (Å²) >= 11 is 6.57. The molecule has 0 aromatic heterocycles. The van der Waals surface area contributed by atoms with Crippen LogP contribution < -0.4 is 18.3 Å². The summed E-state index contributed by atoms with van der Waals surface area (Å²) in [5.41, 5.74) is 3.79. The molecule has 7 nitrogen and oxygen atoms in total. The Morgan fingerprint density at radius 3 is 0.855 bits per heavy atom. The van der Waals surface area contributed by atoms with Crippen LogP contribution in [0.5, 0.6) is 23.0 Å². The molecular weight excluding hydrogens is 965 g/mol. The second-order valence-electron chi connectivity index (χ2n) is 23.9. The van der Waals surface area contributed by atoms with Crippen molar-refractivity contribution in [1.82, 2.24) is 0 Å². The molecule has 2 aliphatic rings. The number of hydrogen-bond acceptors (Lipinski definition) is 11. The molecule has 0 saturated carbocycles. The van der Waals surface area contributed by atoms with E-state index < -0.39 is 17.1 Å². The molecule has 2 aliphatic heterocycles. The maximum atomic E-state index is 10.1. The predicted molar refractivity (Wildman–Crippen MR) is 294 cm³/mol. The largest absolute Gasteiger partial charge is 0.518 e. The minimum atomic E-state index is -3.31. The lowest BCUT2D eigenvalue weighted by Crippen LogP contribution is -2.64.